The highest BCUT2D eigenvalue weighted by Gasteiger charge is 2.05. The molecule has 6 nitrogen and oxygen atoms in total. The Hall–Kier alpha value is -2.63. The van der Waals surface area contributed by atoms with Crippen molar-refractivity contribution in [3.8, 4) is 0 Å². The van der Waals surface area contributed by atoms with E-state index in [2.05, 4.69) is 20.4 Å². The number of rotatable bonds is 3. The van der Waals surface area contributed by atoms with Crippen LogP contribution in [0.25, 0.3) is 11.0 Å². The minimum absolute atomic E-state index is 0.405. The smallest absolute Gasteiger partial charge is 0.169 e. The fraction of sp³-hybridized carbons (Fsp3) is 0.154. The second-order valence-corrected chi connectivity index (χ2v) is 4.32. The van der Waals surface area contributed by atoms with E-state index in [1.165, 1.54) is 0 Å². The average Bonchev–Trinajstić information content (AvgIpc) is 2.82. The monoisotopic (exact) mass is 254 g/mol. The van der Waals surface area contributed by atoms with Crippen molar-refractivity contribution in [1.29, 1.82) is 0 Å². The van der Waals surface area contributed by atoms with Crippen molar-refractivity contribution in [3.63, 3.8) is 0 Å². The number of nitrogens with two attached hydrogens (primary N) is 1. The molecule has 0 aliphatic carbocycles. The lowest BCUT2D eigenvalue weighted by molar-refractivity contribution is 0.767. The first kappa shape index (κ1) is 11.5. The zero-order valence-electron chi connectivity index (χ0n) is 10.5. The summed E-state index contributed by atoms with van der Waals surface area (Å²) in [5.74, 6) is 1.00. The molecule has 0 bridgehead atoms. The number of hydrogen-bond donors (Lipinski definition) is 2. The fourth-order valence-electron chi connectivity index (χ4n) is 1.89. The molecule has 0 saturated heterocycles. The lowest BCUT2D eigenvalue weighted by Gasteiger charge is -2.07. The van der Waals surface area contributed by atoms with E-state index in [-0.39, 0.29) is 0 Å². The number of anilines is 2. The molecule has 0 saturated carbocycles. The van der Waals surface area contributed by atoms with Crippen molar-refractivity contribution < 1.29 is 0 Å². The number of aryl methyl sites for hydroxylation is 1. The van der Waals surface area contributed by atoms with Crippen LogP contribution in [0.1, 0.15) is 5.56 Å². The number of hydrogen-bond acceptors (Lipinski definition) is 5. The molecule has 0 aliphatic rings. The van der Waals surface area contributed by atoms with Crippen molar-refractivity contribution in [2.24, 2.45) is 7.05 Å². The van der Waals surface area contributed by atoms with Crippen LogP contribution in [0.2, 0.25) is 0 Å². The Kier molecular flexibility index (Phi) is 2.75. The molecule has 6 heteroatoms. The summed E-state index contributed by atoms with van der Waals surface area (Å²) in [4.78, 5) is 8.80. The topological polar surface area (TPSA) is 81.7 Å². The van der Waals surface area contributed by atoms with E-state index in [0.29, 0.717) is 18.2 Å². The van der Waals surface area contributed by atoms with Crippen LogP contribution in [0, 0.1) is 0 Å². The molecule has 0 radical (unpaired) electrons. The second kappa shape index (κ2) is 4.56. The fourth-order valence-corrected chi connectivity index (χ4v) is 1.89. The van der Waals surface area contributed by atoms with Gasteiger partial charge >= 0.3 is 0 Å². The maximum atomic E-state index is 5.90. The standard InChI is InChI=1S/C13H14N6/c1-19-8-9(7-16-19)6-15-13-12(14)17-10-4-2-3-5-11(10)18-13/h2-5,7-8H,6H2,1H3,(H2,14,17)(H,15,18). The summed E-state index contributed by atoms with van der Waals surface area (Å²) >= 11 is 0. The number of para-hydroxylation sites is 2. The van der Waals surface area contributed by atoms with Crippen LogP contribution >= 0.6 is 0 Å². The number of nitrogens with zero attached hydrogens (tertiary/aromatic N) is 4. The molecule has 1 aromatic carbocycles. The van der Waals surface area contributed by atoms with Crippen molar-refractivity contribution in [3.05, 3.63) is 42.2 Å². The summed E-state index contributed by atoms with van der Waals surface area (Å²) in [6.07, 6.45) is 3.75. The van der Waals surface area contributed by atoms with Gasteiger partial charge in [-0.2, -0.15) is 5.10 Å². The summed E-state index contributed by atoms with van der Waals surface area (Å²) in [7, 11) is 1.88. The minimum Gasteiger partial charge on any atom is -0.381 e. The van der Waals surface area contributed by atoms with Crippen molar-refractivity contribution in [2.75, 3.05) is 11.1 Å². The molecule has 2 aromatic heterocycles. The van der Waals surface area contributed by atoms with Gasteiger partial charge in [0.25, 0.3) is 0 Å². The largest absolute Gasteiger partial charge is 0.381 e. The highest BCUT2D eigenvalue weighted by molar-refractivity contribution is 5.79. The summed E-state index contributed by atoms with van der Waals surface area (Å²) in [5.41, 5.74) is 8.59. The van der Waals surface area contributed by atoms with E-state index in [9.17, 15) is 0 Å². The van der Waals surface area contributed by atoms with Crippen LogP contribution in [0.3, 0.4) is 0 Å². The van der Waals surface area contributed by atoms with E-state index in [1.54, 1.807) is 10.9 Å². The summed E-state index contributed by atoms with van der Waals surface area (Å²) in [6, 6.07) is 7.65. The Morgan fingerprint density at radius 2 is 1.95 bits per heavy atom. The molecule has 0 amide bonds. The van der Waals surface area contributed by atoms with Crippen LogP contribution in [-0.2, 0) is 13.6 Å². The van der Waals surface area contributed by atoms with Crippen molar-refractivity contribution in [1.82, 2.24) is 19.7 Å². The van der Waals surface area contributed by atoms with Crippen LogP contribution < -0.4 is 11.1 Å². The van der Waals surface area contributed by atoms with Crippen molar-refractivity contribution in [2.45, 2.75) is 6.54 Å². The number of nitrogen functional groups attached to an aromatic ring is 1. The van der Waals surface area contributed by atoms with E-state index in [0.717, 1.165) is 16.6 Å². The molecule has 19 heavy (non-hydrogen) atoms. The van der Waals surface area contributed by atoms with E-state index in [4.69, 9.17) is 5.73 Å². The van der Waals surface area contributed by atoms with Gasteiger partial charge in [-0.15, -0.1) is 0 Å². The lowest BCUT2D eigenvalue weighted by atomic mass is 10.3. The predicted molar refractivity (Wildman–Crippen MR) is 74.5 cm³/mol. The first-order chi connectivity index (χ1) is 9.22. The van der Waals surface area contributed by atoms with E-state index >= 15 is 0 Å². The lowest BCUT2D eigenvalue weighted by Crippen LogP contribution is -2.06. The summed E-state index contributed by atoms with van der Waals surface area (Å²) in [6.45, 7) is 0.616. The van der Waals surface area contributed by atoms with Gasteiger partial charge in [-0.25, -0.2) is 9.97 Å². The molecule has 0 fully saturated rings. The highest BCUT2D eigenvalue weighted by atomic mass is 15.2. The third kappa shape index (κ3) is 2.33. The Morgan fingerprint density at radius 3 is 2.63 bits per heavy atom. The van der Waals surface area contributed by atoms with Gasteiger partial charge in [-0.05, 0) is 12.1 Å². The maximum absolute atomic E-state index is 5.90. The van der Waals surface area contributed by atoms with Crippen LogP contribution in [0.5, 0.6) is 0 Å². The van der Waals surface area contributed by atoms with Gasteiger partial charge in [0.1, 0.15) is 0 Å². The molecule has 0 spiro atoms. The molecule has 2 heterocycles. The zero-order valence-corrected chi connectivity index (χ0v) is 10.5. The maximum Gasteiger partial charge on any atom is 0.169 e. The Bertz CT molecular complexity index is 718. The van der Waals surface area contributed by atoms with Crippen molar-refractivity contribution >= 4 is 22.7 Å². The molecule has 3 N–H and O–H groups in total. The van der Waals surface area contributed by atoms with Gasteiger partial charge < -0.3 is 11.1 Å². The molecule has 0 aliphatic heterocycles. The molecule has 0 atom stereocenters. The molecule has 96 valence electrons. The molecular weight excluding hydrogens is 240 g/mol. The third-order valence-corrected chi connectivity index (χ3v) is 2.82. The van der Waals surface area contributed by atoms with E-state index in [1.807, 2.05) is 37.5 Å². The normalized spacial score (nSPS) is 10.8. The highest BCUT2D eigenvalue weighted by Crippen LogP contribution is 2.18. The average molecular weight is 254 g/mol. The first-order valence-electron chi connectivity index (χ1n) is 5.96. The number of aromatic nitrogens is 4. The molecule has 0 unspecified atom stereocenters. The van der Waals surface area contributed by atoms with Gasteiger partial charge in [0, 0.05) is 25.4 Å². The second-order valence-electron chi connectivity index (χ2n) is 4.32. The molecular formula is C13H14N6. The third-order valence-electron chi connectivity index (χ3n) is 2.82. The Morgan fingerprint density at radius 1 is 1.21 bits per heavy atom. The predicted octanol–water partition coefficient (Wildman–Crippen LogP) is 1.56. The number of nitrogens with one attached hydrogen (secondary N) is 1. The van der Waals surface area contributed by atoms with Gasteiger partial charge in [-0.3, -0.25) is 4.68 Å². The first-order valence-corrected chi connectivity index (χ1v) is 5.96. The van der Waals surface area contributed by atoms with Gasteiger partial charge in [0.2, 0.25) is 0 Å². The number of benzene rings is 1. The van der Waals surface area contributed by atoms with E-state index < -0.39 is 0 Å². The number of fused-ring (bicyclic) bond motifs is 1. The van der Waals surface area contributed by atoms with Gasteiger partial charge in [0.05, 0.1) is 17.2 Å². The summed E-state index contributed by atoms with van der Waals surface area (Å²) < 4.78 is 1.76. The van der Waals surface area contributed by atoms with Gasteiger partial charge in [-0.1, -0.05) is 12.1 Å². The quantitative estimate of drug-likeness (QED) is 0.741. The van der Waals surface area contributed by atoms with Crippen LogP contribution in [0.4, 0.5) is 11.6 Å². The van der Waals surface area contributed by atoms with Crippen LogP contribution in [0.15, 0.2) is 36.7 Å². The SMILES string of the molecule is Cn1cc(CNc2nc3ccccc3nc2N)cn1. The molecule has 3 aromatic rings. The minimum atomic E-state index is 0.405. The van der Waals surface area contributed by atoms with Crippen LogP contribution in [-0.4, -0.2) is 19.7 Å². The summed E-state index contributed by atoms with van der Waals surface area (Å²) in [5, 5.41) is 7.29. The van der Waals surface area contributed by atoms with Gasteiger partial charge in [0.15, 0.2) is 11.6 Å². The zero-order chi connectivity index (χ0) is 13.2. The Balaban J connectivity index is 1.86. The Labute approximate surface area is 110 Å². The molecule has 3 rings (SSSR count).